The van der Waals surface area contributed by atoms with Crippen molar-refractivity contribution >= 4 is 11.6 Å². The molecule has 1 saturated carbocycles. The van der Waals surface area contributed by atoms with E-state index in [-0.39, 0.29) is 5.92 Å². The van der Waals surface area contributed by atoms with Gasteiger partial charge in [-0.05, 0) is 37.8 Å². The van der Waals surface area contributed by atoms with Crippen LogP contribution in [0.2, 0.25) is 0 Å². The molecule has 0 unspecified atom stereocenters. The summed E-state index contributed by atoms with van der Waals surface area (Å²) in [6.45, 7) is 1.86. The van der Waals surface area contributed by atoms with Gasteiger partial charge in [-0.25, -0.2) is 4.98 Å². The zero-order chi connectivity index (χ0) is 15.5. The third-order valence-electron chi connectivity index (χ3n) is 5.04. The zero-order valence-electron chi connectivity index (χ0n) is 13.0. The van der Waals surface area contributed by atoms with Crippen molar-refractivity contribution in [3.05, 3.63) is 24.0 Å². The number of nitriles is 1. The van der Waals surface area contributed by atoms with Crippen molar-refractivity contribution in [1.29, 1.82) is 5.26 Å². The Labute approximate surface area is 131 Å². The highest BCUT2D eigenvalue weighted by atomic mass is 16.2. The van der Waals surface area contributed by atoms with E-state index in [1.54, 1.807) is 12.3 Å². The van der Waals surface area contributed by atoms with Crippen LogP contribution in [0.5, 0.6) is 0 Å². The normalized spacial score (nSPS) is 19.4. The van der Waals surface area contributed by atoms with Gasteiger partial charge in [-0.3, -0.25) is 4.79 Å². The Hall–Kier alpha value is -2.09. The highest BCUT2D eigenvalue weighted by molar-refractivity contribution is 5.79. The van der Waals surface area contributed by atoms with Crippen molar-refractivity contribution in [2.45, 2.75) is 38.1 Å². The maximum Gasteiger partial charge on any atom is 0.225 e. The molecule has 1 aliphatic carbocycles. The van der Waals surface area contributed by atoms with Crippen LogP contribution in [0, 0.1) is 17.2 Å². The zero-order valence-corrected chi connectivity index (χ0v) is 13.0. The Kier molecular flexibility index (Phi) is 4.28. The van der Waals surface area contributed by atoms with E-state index in [2.05, 4.69) is 9.88 Å². The van der Waals surface area contributed by atoms with Crippen molar-refractivity contribution in [2.75, 3.05) is 25.0 Å². The lowest BCUT2D eigenvalue weighted by Gasteiger charge is -2.40. The fourth-order valence-corrected chi connectivity index (χ4v) is 3.27. The van der Waals surface area contributed by atoms with Crippen LogP contribution >= 0.6 is 0 Å². The van der Waals surface area contributed by atoms with Crippen LogP contribution in [-0.2, 0) is 4.79 Å². The molecule has 0 spiro atoms. The summed E-state index contributed by atoms with van der Waals surface area (Å²) in [4.78, 5) is 20.7. The van der Waals surface area contributed by atoms with E-state index in [4.69, 9.17) is 5.26 Å². The van der Waals surface area contributed by atoms with Gasteiger partial charge in [0.1, 0.15) is 11.8 Å². The predicted octanol–water partition coefficient (Wildman–Crippen LogP) is 2.18. The highest BCUT2D eigenvalue weighted by Crippen LogP contribution is 2.30. The van der Waals surface area contributed by atoms with Gasteiger partial charge >= 0.3 is 0 Å². The average molecular weight is 298 g/mol. The maximum absolute atomic E-state index is 12.3. The number of nitrogens with zero attached hydrogens (tertiary/aromatic N) is 4. The number of aromatic nitrogens is 1. The summed E-state index contributed by atoms with van der Waals surface area (Å²) >= 11 is 0. The van der Waals surface area contributed by atoms with Crippen molar-refractivity contribution in [2.24, 2.45) is 5.92 Å². The molecule has 3 rings (SSSR count). The predicted molar refractivity (Wildman–Crippen MR) is 84.3 cm³/mol. The van der Waals surface area contributed by atoms with E-state index in [1.807, 2.05) is 24.1 Å². The van der Waals surface area contributed by atoms with Crippen LogP contribution < -0.4 is 4.90 Å². The number of hydrogen-bond donors (Lipinski definition) is 0. The number of pyridine rings is 1. The summed E-state index contributed by atoms with van der Waals surface area (Å²) in [5.41, 5.74) is 1.51. The highest BCUT2D eigenvalue weighted by Gasteiger charge is 2.32. The number of anilines is 1. The van der Waals surface area contributed by atoms with E-state index >= 15 is 0 Å². The van der Waals surface area contributed by atoms with Gasteiger partial charge in [-0.1, -0.05) is 6.42 Å². The van der Waals surface area contributed by atoms with E-state index in [0.29, 0.717) is 17.6 Å². The van der Waals surface area contributed by atoms with Gasteiger partial charge in [0.05, 0.1) is 11.9 Å². The molecular formula is C17H22N4O. The van der Waals surface area contributed by atoms with Crippen LogP contribution in [0.1, 0.15) is 37.8 Å². The second kappa shape index (κ2) is 6.35. The topological polar surface area (TPSA) is 60.2 Å². The van der Waals surface area contributed by atoms with Crippen LogP contribution in [0.25, 0.3) is 0 Å². The first-order chi connectivity index (χ1) is 10.7. The molecule has 5 nitrogen and oxygen atoms in total. The SMILES string of the molecule is CN(C(=O)C1CCC1)C1CCN(c2ccc(C#N)nc2)CC1. The molecule has 1 saturated heterocycles. The summed E-state index contributed by atoms with van der Waals surface area (Å²) in [5.74, 6) is 0.621. The van der Waals surface area contributed by atoms with Gasteiger partial charge in [0.15, 0.2) is 0 Å². The number of hydrogen-bond acceptors (Lipinski definition) is 4. The van der Waals surface area contributed by atoms with Crippen LogP contribution in [-0.4, -0.2) is 42.0 Å². The molecule has 1 aliphatic heterocycles. The molecule has 2 heterocycles. The van der Waals surface area contributed by atoms with Crippen molar-refractivity contribution in [1.82, 2.24) is 9.88 Å². The summed E-state index contributed by atoms with van der Waals surface area (Å²) in [7, 11) is 1.96. The summed E-state index contributed by atoms with van der Waals surface area (Å²) in [5, 5.41) is 8.79. The van der Waals surface area contributed by atoms with Gasteiger partial charge in [-0.15, -0.1) is 0 Å². The first-order valence-corrected chi connectivity index (χ1v) is 8.07. The third-order valence-corrected chi connectivity index (χ3v) is 5.04. The molecule has 1 amide bonds. The first-order valence-electron chi connectivity index (χ1n) is 8.07. The third kappa shape index (κ3) is 2.92. The Morgan fingerprint density at radius 2 is 2.05 bits per heavy atom. The molecule has 2 aliphatic rings. The molecule has 1 aromatic heterocycles. The molecule has 1 aromatic rings. The van der Waals surface area contributed by atoms with Crippen molar-refractivity contribution < 1.29 is 4.79 Å². The van der Waals surface area contributed by atoms with Crippen molar-refractivity contribution in [3.8, 4) is 6.07 Å². The molecule has 2 fully saturated rings. The lowest BCUT2D eigenvalue weighted by Crippen LogP contribution is -2.48. The standard InChI is InChI=1S/C17H22N4O/c1-20(17(22)13-3-2-4-13)15-7-9-21(10-8-15)16-6-5-14(11-18)19-12-16/h5-6,12-13,15H,2-4,7-10H2,1H3. The fourth-order valence-electron chi connectivity index (χ4n) is 3.27. The number of piperidine rings is 1. The van der Waals surface area contributed by atoms with Crippen LogP contribution in [0.4, 0.5) is 5.69 Å². The summed E-state index contributed by atoms with van der Waals surface area (Å²) in [6.07, 6.45) is 7.10. The van der Waals surface area contributed by atoms with Crippen LogP contribution in [0.3, 0.4) is 0 Å². The summed E-state index contributed by atoms with van der Waals surface area (Å²) in [6, 6.07) is 6.11. The molecule has 0 radical (unpaired) electrons. The van der Waals surface area contributed by atoms with Gasteiger partial charge < -0.3 is 9.80 Å². The smallest absolute Gasteiger partial charge is 0.225 e. The molecule has 0 bridgehead atoms. The Morgan fingerprint density at radius 3 is 2.55 bits per heavy atom. The molecular weight excluding hydrogens is 276 g/mol. The minimum atomic E-state index is 0.283. The average Bonchev–Trinajstić information content (AvgIpc) is 2.53. The van der Waals surface area contributed by atoms with E-state index in [0.717, 1.165) is 44.5 Å². The second-order valence-corrected chi connectivity index (χ2v) is 6.31. The Morgan fingerprint density at radius 1 is 1.32 bits per heavy atom. The Bertz CT molecular complexity index is 565. The van der Waals surface area contributed by atoms with Gasteiger partial charge in [0.25, 0.3) is 0 Å². The number of rotatable bonds is 3. The number of carbonyl (C=O) groups excluding carboxylic acids is 1. The van der Waals surface area contributed by atoms with Gasteiger partial charge in [0.2, 0.25) is 5.91 Å². The maximum atomic E-state index is 12.3. The largest absolute Gasteiger partial charge is 0.370 e. The molecule has 0 atom stereocenters. The molecule has 116 valence electrons. The monoisotopic (exact) mass is 298 g/mol. The van der Waals surface area contributed by atoms with E-state index in [9.17, 15) is 4.79 Å². The van der Waals surface area contributed by atoms with Crippen molar-refractivity contribution in [3.63, 3.8) is 0 Å². The molecule has 22 heavy (non-hydrogen) atoms. The molecule has 0 aromatic carbocycles. The minimum Gasteiger partial charge on any atom is -0.370 e. The van der Waals surface area contributed by atoms with Gasteiger partial charge in [0, 0.05) is 32.1 Å². The minimum absolute atomic E-state index is 0.283. The fraction of sp³-hybridized carbons (Fsp3) is 0.588. The lowest BCUT2D eigenvalue weighted by atomic mass is 9.84. The van der Waals surface area contributed by atoms with E-state index < -0.39 is 0 Å². The quantitative estimate of drug-likeness (QED) is 0.858. The Balaban J connectivity index is 1.55. The number of carbonyl (C=O) groups is 1. The molecule has 5 heteroatoms. The van der Waals surface area contributed by atoms with Crippen LogP contribution in [0.15, 0.2) is 18.3 Å². The molecule has 0 N–H and O–H groups in total. The lowest BCUT2D eigenvalue weighted by molar-refractivity contribution is -0.139. The first kappa shape index (κ1) is 14.8. The van der Waals surface area contributed by atoms with E-state index in [1.165, 1.54) is 6.42 Å². The van der Waals surface area contributed by atoms with Gasteiger partial charge in [-0.2, -0.15) is 5.26 Å². The summed E-state index contributed by atoms with van der Waals surface area (Å²) < 4.78 is 0. The second-order valence-electron chi connectivity index (χ2n) is 6.31. The number of amides is 1.